The molecule has 0 aliphatic carbocycles. The van der Waals surface area contributed by atoms with E-state index in [1.54, 1.807) is 6.20 Å². The maximum atomic E-state index is 10.0. The first-order chi connectivity index (χ1) is 14.7. The molecule has 1 aromatic heterocycles. The average Bonchev–Trinajstić information content (AvgIpc) is 2.65. The van der Waals surface area contributed by atoms with Crippen LogP contribution >= 0.6 is 0 Å². The third-order valence-corrected chi connectivity index (χ3v) is 3.46. The summed E-state index contributed by atoms with van der Waals surface area (Å²) in [6.07, 6.45) is 2.79. The van der Waals surface area contributed by atoms with Crippen LogP contribution < -0.4 is 0 Å². The number of aliphatic hydroxyl groups is 1. The molecule has 1 heterocycles. The number of aryl methyl sites for hydroxylation is 3. The molecule has 1 N–H and O–H groups in total. The van der Waals surface area contributed by atoms with Gasteiger partial charge in [-0.1, -0.05) is 37.5 Å². The maximum Gasteiger partial charge on any atom is 0.155 e. The second-order valence-corrected chi connectivity index (χ2v) is 5.98. The zero-order valence-corrected chi connectivity index (χ0v) is 17.6. The van der Waals surface area contributed by atoms with E-state index in [-0.39, 0.29) is 42.8 Å². The molecule has 0 atom stereocenters. The quantitative estimate of drug-likeness (QED) is 0.257. The van der Waals surface area contributed by atoms with Crippen molar-refractivity contribution in [1.82, 2.24) is 4.98 Å². The summed E-state index contributed by atoms with van der Waals surface area (Å²) in [6, 6.07) is 13.2. The molecule has 0 amide bonds. The number of carbonyl (C=O) groups is 1. The van der Waals surface area contributed by atoms with Crippen molar-refractivity contribution in [2.75, 3.05) is 0 Å². The molecule has 3 aromatic rings. The van der Waals surface area contributed by atoms with E-state index in [2.05, 4.69) is 11.1 Å². The van der Waals surface area contributed by atoms with Crippen molar-refractivity contribution in [3.8, 4) is 11.3 Å². The number of benzene rings is 2. The number of hydrogen-bond acceptors (Lipinski definition) is 3. The van der Waals surface area contributed by atoms with E-state index in [1.807, 2.05) is 31.2 Å². The Morgan fingerprint density at radius 3 is 2.52 bits per heavy atom. The summed E-state index contributed by atoms with van der Waals surface area (Å²) in [7, 11) is 0. The largest absolute Gasteiger partial charge is 0.512 e. The van der Waals surface area contributed by atoms with Gasteiger partial charge in [0.1, 0.15) is 0 Å². The summed E-state index contributed by atoms with van der Waals surface area (Å²) in [5.41, 5.74) is 1.83. The number of aromatic nitrogens is 1. The standard InChI is InChI=1S/C18H16N.C5H8O2.Ir/c1-12-4-5-17-15(9-12)6-7-19-18(17)16-10-13(2)8-14(3)11-16;1-4(6)3-5(2)7;/h4-10H,1-3H3;3,6H,1-2H3;/q-1;;/b;4-3-;/i2D3,3D3;;. The molecule has 0 saturated heterocycles. The van der Waals surface area contributed by atoms with Crippen molar-refractivity contribution in [3.05, 3.63) is 77.2 Å². The Kier molecular flexibility index (Phi) is 5.54. The molecule has 0 fully saturated rings. The number of hydrogen-bond donors (Lipinski definition) is 1. The Hall–Kier alpha value is -2.29. The predicted molar refractivity (Wildman–Crippen MR) is 107 cm³/mol. The van der Waals surface area contributed by atoms with Crippen molar-refractivity contribution < 1.29 is 38.2 Å². The minimum Gasteiger partial charge on any atom is -0.512 e. The van der Waals surface area contributed by atoms with Gasteiger partial charge in [0.2, 0.25) is 0 Å². The molecule has 3 nitrogen and oxygen atoms in total. The molecular formula is C23H24IrNO2-. The second-order valence-electron chi connectivity index (χ2n) is 5.98. The summed E-state index contributed by atoms with van der Waals surface area (Å²) in [5.74, 6) is -0.0625. The van der Waals surface area contributed by atoms with Crippen LogP contribution in [-0.2, 0) is 24.9 Å². The van der Waals surface area contributed by atoms with E-state index in [4.69, 9.17) is 13.3 Å². The topological polar surface area (TPSA) is 50.2 Å². The van der Waals surface area contributed by atoms with Gasteiger partial charge in [-0.15, -0.1) is 34.9 Å². The molecule has 0 aliphatic heterocycles. The summed E-state index contributed by atoms with van der Waals surface area (Å²) in [6.45, 7) is -0.0308. The number of carbonyl (C=O) groups excluding carboxylic acids is 1. The number of fused-ring (bicyclic) bond motifs is 1. The van der Waals surface area contributed by atoms with Gasteiger partial charge >= 0.3 is 0 Å². The zero-order chi connectivity index (χ0) is 24.3. The normalized spacial score (nSPS) is 14.9. The molecule has 0 spiro atoms. The first-order valence-corrected chi connectivity index (χ1v) is 8.00. The second kappa shape index (κ2) is 10.1. The number of pyridine rings is 1. The van der Waals surface area contributed by atoms with Gasteiger partial charge in [-0.3, -0.25) is 4.79 Å². The van der Waals surface area contributed by atoms with Gasteiger partial charge in [0.25, 0.3) is 0 Å². The van der Waals surface area contributed by atoms with Crippen LogP contribution in [0.4, 0.5) is 0 Å². The van der Waals surface area contributed by atoms with Crippen molar-refractivity contribution in [3.63, 3.8) is 0 Å². The van der Waals surface area contributed by atoms with Gasteiger partial charge < -0.3 is 10.1 Å². The van der Waals surface area contributed by atoms with E-state index in [1.165, 1.54) is 32.1 Å². The van der Waals surface area contributed by atoms with Crippen molar-refractivity contribution in [2.24, 2.45) is 0 Å². The van der Waals surface area contributed by atoms with Gasteiger partial charge in [-0.2, -0.15) is 0 Å². The fraction of sp³-hybridized carbons (Fsp3) is 0.217. The SMILES string of the molecule is CC(=O)/C=C(/C)O.[2H]C([2H])([2H])c1[c-]c(-c2nccc3cc(C)ccc23)cc(C([2H])([2H])[2H])c1.[Ir]. The summed E-state index contributed by atoms with van der Waals surface area (Å²) >= 11 is 0. The molecule has 0 saturated carbocycles. The number of rotatable bonds is 2. The molecular weight excluding hydrogens is 514 g/mol. The zero-order valence-electron chi connectivity index (χ0n) is 21.3. The van der Waals surface area contributed by atoms with Gasteiger partial charge in [-0.25, -0.2) is 0 Å². The Balaban J connectivity index is 0.000000595. The molecule has 0 bridgehead atoms. The third-order valence-electron chi connectivity index (χ3n) is 3.46. The Bertz CT molecular complexity index is 1130. The monoisotopic (exact) mass is 545 g/mol. The van der Waals surface area contributed by atoms with Crippen molar-refractivity contribution in [2.45, 2.75) is 34.5 Å². The Labute approximate surface area is 182 Å². The predicted octanol–water partition coefficient (Wildman–Crippen LogP) is 5.66. The van der Waals surface area contributed by atoms with Crippen LogP contribution in [0.5, 0.6) is 0 Å². The third kappa shape index (κ3) is 6.74. The van der Waals surface area contributed by atoms with Crippen molar-refractivity contribution >= 4 is 16.6 Å². The minimum absolute atomic E-state index is 0. The molecule has 1 radical (unpaired) electrons. The molecule has 0 aliphatic rings. The Morgan fingerprint density at radius 2 is 1.93 bits per heavy atom. The van der Waals surface area contributed by atoms with Crippen LogP contribution in [0.2, 0.25) is 0 Å². The number of aliphatic hydroxyl groups excluding tert-OH is 1. The number of nitrogens with zero attached hydrogens (tertiary/aromatic N) is 1. The molecule has 3 rings (SSSR count). The Morgan fingerprint density at radius 1 is 1.15 bits per heavy atom. The summed E-state index contributed by atoms with van der Waals surface area (Å²) in [5, 5.41) is 10.1. The summed E-state index contributed by atoms with van der Waals surface area (Å²) < 4.78 is 45.8. The van der Waals surface area contributed by atoms with Gasteiger partial charge in [0.05, 0.1) is 5.76 Å². The molecule has 27 heavy (non-hydrogen) atoms. The molecule has 4 heteroatoms. The van der Waals surface area contributed by atoms with E-state index < -0.39 is 13.7 Å². The fourth-order valence-electron chi connectivity index (χ4n) is 2.50. The van der Waals surface area contributed by atoms with E-state index in [0.29, 0.717) is 11.3 Å². The van der Waals surface area contributed by atoms with Gasteiger partial charge in [0, 0.05) is 40.6 Å². The summed E-state index contributed by atoms with van der Waals surface area (Å²) in [4.78, 5) is 14.4. The minimum atomic E-state index is -2.45. The van der Waals surface area contributed by atoms with E-state index >= 15 is 0 Å². The van der Waals surface area contributed by atoms with Gasteiger partial charge in [-0.05, 0) is 43.3 Å². The van der Waals surface area contributed by atoms with Crippen LogP contribution in [0.3, 0.4) is 0 Å². The van der Waals surface area contributed by atoms with Crippen LogP contribution in [0.1, 0.15) is 38.8 Å². The van der Waals surface area contributed by atoms with E-state index in [0.717, 1.165) is 16.3 Å². The van der Waals surface area contributed by atoms with E-state index in [9.17, 15) is 4.79 Å². The average molecular weight is 545 g/mol. The van der Waals surface area contributed by atoms with Crippen LogP contribution in [-0.4, -0.2) is 15.9 Å². The van der Waals surface area contributed by atoms with Crippen molar-refractivity contribution in [1.29, 1.82) is 0 Å². The molecule has 2 aromatic carbocycles. The van der Waals surface area contributed by atoms with Crippen LogP contribution in [0, 0.1) is 26.7 Å². The number of allylic oxidation sites excluding steroid dienone is 2. The first kappa shape index (κ1) is 14.7. The number of ketones is 1. The van der Waals surface area contributed by atoms with Crippen LogP contribution in [0.25, 0.3) is 22.0 Å². The molecule has 143 valence electrons. The maximum absolute atomic E-state index is 10.0. The fourth-order valence-corrected chi connectivity index (χ4v) is 2.50. The smallest absolute Gasteiger partial charge is 0.155 e. The van der Waals surface area contributed by atoms with Gasteiger partial charge in [0.15, 0.2) is 5.78 Å². The first-order valence-electron chi connectivity index (χ1n) is 11.0. The van der Waals surface area contributed by atoms with Crippen LogP contribution in [0.15, 0.2) is 54.4 Å². The molecule has 0 unspecified atom stereocenters.